The Morgan fingerprint density at radius 2 is 1.46 bits per heavy atom. The highest BCUT2D eigenvalue weighted by molar-refractivity contribution is 5.96. The number of rotatable bonds is 3. The molecular weight excluding hydrogens is 448 g/mol. The Morgan fingerprint density at radius 3 is 2.23 bits per heavy atom. The molecule has 1 fully saturated rings. The molecule has 2 aliphatic heterocycles. The van der Waals surface area contributed by atoms with Gasteiger partial charge in [-0.25, -0.2) is 8.78 Å². The molecule has 0 spiro atoms. The molecule has 0 atom stereocenters. The van der Waals surface area contributed by atoms with Gasteiger partial charge >= 0.3 is 0 Å². The van der Waals surface area contributed by atoms with Crippen LogP contribution >= 0.6 is 0 Å². The normalized spacial score (nSPS) is 15.5. The van der Waals surface area contributed by atoms with Crippen molar-refractivity contribution >= 4 is 29.3 Å². The minimum Gasteiger partial charge on any atom is -0.337 e. The second-order valence-electron chi connectivity index (χ2n) is 8.66. The van der Waals surface area contributed by atoms with Crippen LogP contribution in [0.1, 0.15) is 32.7 Å². The van der Waals surface area contributed by atoms with Crippen LogP contribution in [0.5, 0.6) is 0 Å². The van der Waals surface area contributed by atoms with E-state index in [9.17, 15) is 18.4 Å². The molecule has 178 valence electrons. The van der Waals surface area contributed by atoms with Gasteiger partial charge in [0.15, 0.2) is 11.6 Å². The van der Waals surface area contributed by atoms with Crippen molar-refractivity contribution in [1.29, 1.82) is 0 Å². The van der Waals surface area contributed by atoms with Gasteiger partial charge in [0.05, 0.1) is 5.56 Å². The van der Waals surface area contributed by atoms with E-state index in [0.717, 1.165) is 29.5 Å². The lowest BCUT2D eigenvalue weighted by Gasteiger charge is -2.28. The van der Waals surface area contributed by atoms with Gasteiger partial charge in [-0.1, -0.05) is 36.4 Å². The summed E-state index contributed by atoms with van der Waals surface area (Å²) in [6, 6.07) is 19.3. The van der Waals surface area contributed by atoms with Crippen LogP contribution in [-0.2, 0) is 0 Å². The highest BCUT2D eigenvalue weighted by Crippen LogP contribution is 2.32. The van der Waals surface area contributed by atoms with Crippen LogP contribution in [0.15, 0.2) is 72.8 Å². The lowest BCUT2D eigenvalue weighted by molar-refractivity contribution is 0.0715. The first-order valence-electron chi connectivity index (χ1n) is 11.7. The predicted octanol–water partition coefficient (Wildman–Crippen LogP) is 5.12. The van der Waals surface area contributed by atoms with Crippen molar-refractivity contribution in [2.45, 2.75) is 6.42 Å². The van der Waals surface area contributed by atoms with E-state index in [0.29, 0.717) is 31.6 Å². The standard InChI is InChI=1S/C28H25F2N3O2/c29-24-9-3-8-23(26(24)30)28(35)32-16-5-15-31(18-19-32)27(34)21-11-13-22(14-12-21)33-17-4-7-20-6-1-2-10-25(20)33/h1-4,6-14H,5,15-19H2. The molecule has 0 aliphatic carbocycles. The van der Waals surface area contributed by atoms with Crippen molar-refractivity contribution in [3.05, 3.63) is 101 Å². The van der Waals surface area contributed by atoms with E-state index >= 15 is 0 Å². The SMILES string of the molecule is O=C(c1ccc(N2CC=Cc3ccccc32)cc1)N1CCCN(C(=O)c2cccc(F)c2F)CC1. The van der Waals surface area contributed by atoms with E-state index in [2.05, 4.69) is 29.2 Å². The molecule has 1 saturated heterocycles. The summed E-state index contributed by atoms with van der Waals surface area (Å²) in [5.74, 6) is -2.85. The molecule has 35 heavy (non-hydrogen) atoms. The largest absolute Gasteiger partial charge is 0.337 e. The number of benzene rings is 3. The third-order valence-electron chi connectivity index (χ3n) is 6.49. The second-order valence-corrected chi connectivity index (χ2v) is 8.66. The van der Waals surface area contributed by atoms with E-state index in [-0.39, 0.29) is 18.0 Å². The number of amides is 2. The van der Waals surface area contributed by atoms with Crippen molar-refractivity contribution in [3.63, 3.8) is 0 Å². The van der Waals surface area contributed by atoms with Gasteiger partial charge in [-0.3, -0.25) is 9.59 Å². The van der Waals surface area contributed by atoms with Crippen LogP contribution in [0.4, 0.5) is 20.2 Å². The number of fused-ring (bicyclic) bond motifs is 1. The molecule has 2 aliphatic rings. The molecule has 0 bridgehead atoms. The first-order chi connectivity index (χ1) is 17.0. The fourth-order valence-corrected chi connectivity index (χ4v) is 4.63. The Labute approximate surface area is 202 Å². The molecule has 5 rings (SSSR count). The highest BCUT2D eigenvalue weighted by atomic mass is 19.2. The van der Waals surface area contributed by atoms with Gasteiger partial charge in [-0.15, -0.1) is 0 Å². The van der Waals surface area contributed by atoms with E-state index in [1.54, 1.807) is 4.90 Å². The lowest BCUT2D eigenvalue weighted by atomic mass is 10.1. The first kappa shape index (κ1) is 22.8. The topological polar surface area (TPSA) is 43.9 Å². The first-order valence-corrected chi connectivity index (χ1v) is 11.7. The van der Waals surface area contributed by atoms with Gasteiger partial charge in [0.1, 0.15) is 0 Å². The molecule has 7 heteroatoms. The molecule has 2 amide bonds. The summed E-state index contributed by atoms with van der Waals surface area (Å²) < 4.78 is 27.6. The lowest BCUT2D eigenvalue weighted by Crippen LogP contribution is -2.37. The fraction of sp³-hybridized carbons (Fsp3) is 0.214. The molecule has 5 nitrogen and oxygen atoms in total. The van der Waals surface area contributed by atoms with E-state index < -0.39 is 17.5 Å². The summed E-state index contributed by atoms with van der Waals surface area (Å²) in [6.07, 6.45) is 4.78. The molecule has 0 unspecified atom stereocenters. The van der Waals surface area contributed by atoms with E-state index in [1.165, 1.54) is 17.0 Å². The predicted molar refractivity (Wildman–Crippen MR) is 132 cm³/mol. The smallest absolute Gasteiger partial charge is 0.257 e. The van der Waals surface area contributed by atoms with E-state index in [4.69, 9.17) is 0 Å². The van der Waals surface area contributed by atoms with Crippen molar-refractivity contribution in [1.82, 2.24) is 9.80 Å². The molecule has 0 radical (unpaired) electrons. The van der Waals surface area contributed by atoms with Crippen molar-refractivity contribution in [3.8, 4) is 0 Å². The zero-order valence-corrected chi connectivity index (χ0v) is 19.2. The van der Waals surface area contributed by atoms with Gasteiger partial charge in [0.2, 0.25) is 0 Å². The third-order valence-corrected chi connectivity index (χ3v) is 6.49. The molecule has 3 aromatic rings. The number of anilines is 2. The summed E-state index contributed by atoms with van der Waals surface area (Å²) >= 11 is 0. The maximum absolute atomic E-state index is 14.1. The van der Waals surface area contributed by atoms with Crippen LogP contribution in [0, 0.1) is 11.6 Å². The molecule has 0 aromatic heterocycles. The quantitative estimate of drug-likeness (QED) is 0.531. The number of halogens is 2. The minimum absolute atomic E-state index is 0.110. The molecule has 0 N–H and O–H groups in total. The summed E-state index contributed by atoms with van der Waals surface area (Å²) in [5, 5.41) is 0. The Morgan fingerprint density at radius 1 is 0.743 bits per heavy atom. The Kier molecular flexibility index (Phi) is 6.31. The van der Waals surface area contributed by atoms with Crippen molar-refractivity contribution in [2.75, 3.05) is 37.6 Å². The second kappa shape index (κ2) is 9.70. The molecule has 3 aromatic carbocycles. The van der Waals surface area contributed by atoms with Crippen LogP contribution in [-0.4, -0.2) is 54.3 Å². The average Bonchev–Trinajstić information content (AvgIpc) is 3.16. The van der Waals surface area contributed by atoms with Gasteiger partial charge in [-0.2, -0.15) is 0 Å². The molecule has 0 saturated carbocycles. The maximum atomic E-state index is 14.1. The monoisotopic (exact) mass is 473 g/mol. The summed E-state index contributed by atoms with van der Waals surface area (Å²) in [6.45, 7) is 2.20. The summed E-state index contributed by atoms with van der Waals surface area (Å²) in [7, 11) is 0. The number of carbonyl (C=O) groups is 2. The highest BCUT2D eigenvalue weighted by Gasteiger charge is 2.26. The van der Waals surface area contributed by atoms with Crippen LogP contribution in [0.2, 0.25) is 0 Å². The van der Waals surface area contributed by atoms with Crippen LogP contribution < -0.4 is 4.90 Å². The van der Waals surface area contributed by atoms with Gasteiger partial charge in [-0.05, 0) is 54.4 Å². The zero-order valence-electron chi connectivity index (χ0n) is 19.2. The van der Waals surface area contributed by atoms with E-state index in [1.807, 2.05) is 36.4 Å². The van der Waals surface area contributed by atoms with Crippen LogP contribution in [0.3, 0.4) is 0 Å². The van der Waals surface area contributed by atoms with Gasteiger partial charge in [0.25, 0.3) is 11.8 Å². The summed E-state index contributed by atoms with van der Waals surface area (Å²) in [5.41, 5.74) is 3.57. The van der Waals surface area contributed by atoms with Gasteiger partial charge < -0.3 is 14.7 Å². The molecule has 2 heterocycles. The zero-order chi connectivity index (χ0) is 24.4. The van der Waals surface area contributed by atoms with Crippen molar-refractivity contribution < 1.29 is 18.4 Å². The average molecular weight is 474 g/mol. The third kappa shape index (κ3) is 4.54. The summed E-state index contributed by atoms with van der Waals surface area (Å²) in [4.78, 5) is 31.3. The Balaban J connectivity index is 1.26. The number of nitrogens with zero attached hydrogens (tertiary/aromatic N) is 3. The number of hydrogen-bond donors (Lipinski definition) is 0. The number of carbonyl (C=O) groups excluding carboxylic acids is 2. The van der Waals surface area contributed by atoms with Crippen molar-refractivity contribution in [2.24, 2.45) is 0 Å². The minimum atomic E-state index is -1.14. The maximum Gasteiger partial charge on any atom is 0.257 e. The number of hydrogen-bond acceptors (Lipinski definition) is 3. The Hall–Kier alpha value is -4.00. The van der Waals surface area contributed by atoms with Crippen LogP contribution in [0.25, 0.3) is 6.08 Å². The number of para-hydroxylation sites is 1. The fourth-order valence-electron chi connectivity index (χ4n) is 4.63. The van der Waals surface area contributed by atoms with Gasteiger partial charge in [0, 0.05) is 49.7 Å². The molecular formula is C28H25F2N3O2. The Bertz CT molecular complexity index is 1290.